The molecule has 0 radical (unpaired) electrons. The summed E-state index contributed by atoms with van der Waals surface area (Å²) in [5.74, 6) is 1.75. The van der Waals surface area contributed by atoms with Gasteiger partial charge in [-0.2, -0.15) is 0 Å². The Kier molecular flexibility index (Phi) is 6.30. The lowest BCUT2D eigenvalue weighted by Gasteiger charge is -2.66. The molecule has 2 aliphatic heterocycles. The molecule has 8 nitrogen and oxygen atoms in total. The molecule has 2 saturated heterocycles. The summed E-state index contributed by atoms with van der Waals surface area (Å²) in [5, 5.41) is 12.9. The molecular formula is C32H46N4O4. The van der Waals surface area contributed by atoms with Crippen LogP contribution in [0.1, 0.15) is 68.9 Å². The zero-order valence-corrected chi connectivity index (χ0v) is 24.5. The summed E-state index contributed by atoms with van der Waals surface area (Å²) < 4.78 is 5.69. The van der Waals surface area contributed by atoms with Crippen molar-refractivity contribution in [1.29, 1.82) is 0 Å². The molecule has 3 amide bonds. The number of fused-ring (bicyclic) bond motifs is 1. The van der Waals surface area contributed by atoms with Crippen molar-refractivity contribution in [2.75, 3.05) is 53.9 Å². The number of carbonyl (C=O) groups excluding carboxylic acids is 2. The van der Waals surface area contributed by atoms with Crippen LogP contribution in [0.5, 0.6) is 5.75 Å². The number of likely N-dealkylation sites (tertiary alicyclic amines) is 1. The number of benzene rings is 1. The Hall–Kier alpha value is -2.16. The molecule has 4 aliphatic carbocycles. The average Bonchev–Trinajstić information content (AvgIpc) is 3.86. The van der Waals surface area contributed by atoms with Crippen LogP contribution in [-0.4, -0.2) is 108 Å². The lowest BCUT2D eigenvalue weighted by atomic mass is 9.46. The van der Waals surface area contributed by atoms with Gasteiger partial charge in [-0.3, -0.25) is 14.6 Å². The Balaban J connectivity index is 1.30. The van der Waals surface area contributed by atoms with Gasteiger partial charge in [0.1, 0.15) is 11.3 Å². The standard InChI is InChI=1S/C32H46N4O4/c1-33(2)14-4-15-34-16-13-30-21-31(28(37)35(19-22-5-6-22)29(38)36(31)20-23-7-8-23)11-12-32(30,39)27(34)17-24-9-10-25(40-3)18-26(24)30/h9-10,18,22-23,27,39H,4-8,11-17,19-21H2,1-3H3. The smallest absolute Gasteiger partial charge is 0.327 e. The van der Waals surface area contributed by atoms with Crippen LogP contribution in [0.25, 0.3) is 0 Å². The van der Waals surface area contributed by atoms with E-state index in [1.54, 1.807) is 12.0 Å². The number of ether oxygens (including phenoxy) is 1. The monoisotopic (exact) mass is 550 g/mol. The van der Waals surface area contributed by atoms with Crippen LogP contribution >= 0.6 is 0 Å². The van der Waals surface area contributed by atoms with Crippen molar-refractivity contribution in [1.82, 2.24) is 19.6 Å². The molecule has 1 aromatic rings. The Morgan fingerprint density at radius 1 is 1.05 bits per heavy atom. The second-order valence-corrected chi connectivity index (χ2v) is 14.1. The molecule has 2 bridgehead atoms. The quantitative estimate of drug-likeness (QED) is 0.476. The van der Waals surface area contributed by atoms with Crippen molar-refractivity contribution in [2.24, 2.45) is 11.8 Å². The van der Waals surface area contributed by atoms with Gasteiger partial charge in [-0.1, -0.05) is 6.07 Å². The van der Waals surface area contributed by atoms with E-state index in [4.69, 9.17) is 4.74 Å². The normalized spacial score (nSPS) is 35.5. The van der Waals surface area contributed by atoms with Crippen LogP contribution in [0.15, 0.2) is 18.2 Å². The van der Waals surface area contributed by atoms with Crippen LogP contribution in [-0.2, 0) is 16.6 Å². The molecule has 40 heavy (non-hydrogen) atoms. The predicted molar refractivity (Wildman–Crippen MR) is 152 cm³/mol. The van der Waals surface area contributed by atoms with Crippen molar-refractivity contribution >= 4 is 11.9 Å². The van der Waals surface area contributed by atoms with Crippen LogP contribution in [0.2, 0.25) is 0 Å². The summed E-state index contributed by atoms with van der Waals surface area (Å²) in [6, 6.07) is 6.27. The highest BCUT2D eigenvalue weighted by molar-refractivity contribution is 6.07. The van der Waals surface area contributed by atoms with Gasteiger partial charge in [0.2, 0.25) is 0 Å². The number of amides is 3. The first-order chi connectivity index (χ1) is 19.2. The fourth-order valence-electron chi connectivity index (χ4n) is 8.82. The summed E-state index contributed by atoms with van der Waals surface area (Å²) in [6.45, 7) is 4.10. The van der Waals surface area contributed by atoms with Crippen molar-refractivity contribution in [3.05, 3.63) is 29.3 Å². The maximum absolute atomic E-state index is 14.5. The van der Waals surface area contributed by atoms with Gasteiger partial charge in [0.15, 0.2) is 0 Å². The van der Waals surface area contributed by atoms with Gasteiger partial charge >= 0.3 is 6.03 Å². The molecule has 2 heterocycles. The SMILES string of the molecule is COc1ccc2c(c1)C13CCN(CCCN(C)C)C(C2)C1(O)CCC1(C3)C(=O)N(CC2CC2)C(=O)N1CC1CC1. The van der Waals surface area contributed by atoms with Crippen LogP contribution in [0, 0.1) is 11.8 Å². The minimum Gasteiger partial charge on any atom is -0.497 e. The van der Waals surface area contributed by atoms with Gasteiger partial charge in [0.25, 0.3) is 5.91 Å². The second-order valence-electron chi connectivity index (χ2n) is 14.1. The summed E-state index contributed by atoms with van der Waals surface area (Å²) in [4.78, 5) is 36.7. The van der Waals surface area contributed by atoms with Gasteiger partial charge in [-0.15, -0.1) is 0 Å². The van der Waals surface area contributed by atoms with Crippen molar-refractivity contribution < 1.29 is 19.4 Å². The Bertz CT molecular complexity index is 1200. The Morgan fingerprint density at radius 3 is 2.50 bits per heavy atom. The molecule has 3 saturated carbocycles. The fraction of sp³-hybridized carbons (Fsp3) is 0.750. The number of imide groups is 1. The number of aliphatic hydroxyl groups is 1. The summed E-state index contributed by atoms with van der Waals surface area (Å²) in [6.07, 6.45) is 8.72. The average molecular weight is 551 g/mol. The molecule has 6 aliphatic rings. The van der Waals surface area contributed by atoms with Crippen molar-refractivity contribution in [3.8, 4) is 5.75 Å². The lowest BCUT2D eigenvalue weighted by Crippen LogP contribution is -2.76. The molecule has 0 aromatic heterocycles. The third kappa shape index (κ3) is 3.96. The van der Waals surface area contributed by atoms with Crippen molar-refractivity contribution in [3.63, 3.8) is 0 Å². The number of urea groups is 1. The van der Waals surface area contributed by atoms with E-state index in [0.717, 1.165) is 75.9 Å². The van der Waals surface area contributed by atoms with Crippen LogP contribution in [0.3, 0.4) is 0 Å². The summed E-state index contributed by atoms with van der Waals surface area (Å²) in [5.41, 5.74) is -0.0125. The van der Waals surface area contributed by atoms with Crippen molar-refractivity contribution in [2.45, 2.75) is 86.8 Å². The molecule has 8 heteroatoms. The van der Waals surface area contributed by atoms with E-state index in [2.05, 4.69) is 36.0 Å². The zero-order valence-electron chi connectivity index (χ0n) is 24.5. The third-order valence-corrected chi connectivity index (χ3v) is 11.4. The topological polar surface area (TPSA) is 76.6 Å². The molecule has 1 aromatic carbocycles. The van der Waals surface area contributed by atoms with E-state index in [-0.39, 0.29) is 18.0 Å². The van der Waals surface area contributed by atoms with Gasteiger partial charge < -0.3 is 19.6 Å². The Labute approximate surface area is 238 Å². The number of piperidine rings is 1. The molecule has 5 fully saturated rings. The van der Waals surface area contributed by atoms with Gasteiger partial charge in [-0.05, 0) is 133 Å². The molecule has 218 valence electrons. The first kappa shape index (κ1) is 26.7. The van der Waals surface area contributed by atoms with E-state index in [1.165, 1.54) is 5.56 Å². The molecule has 4 unspecified atom stereocenters. The number of rotatable bonds is 9. The lowest BCUT2D eigenvalue weighted by molar-refractivity contribution is -0.188. The van der Waals surface area contributed by atoms with E-state index < -0.39 is 16.6 Å². The molecular weight excluding hydrogens is 504 g/mol. The molecule has 7 rings (SSSR count). The van der Waals surface area contributed by atoms with E-state index in [1.807, 2.05) is 11.0 Å². The molecule has 4 atom stereocenters. The first-order valence-electron chi connectivity index (χ1n) is 15.6. The molecule has 1 N–H and O–H groups in total. The highest BCUT2D eigenvalue weighted by Crippen LogP contribution is 2.62. The van der Waals surface area contributed by atoms with E-state index >= 15 is 0 Å². The fourth-order valence-corrected chi connectivity index (χ4v) is 8.82. The zero-order chi connectivity index (χ0) is 27.9. The number of hydrogen-bond donors (Lipinski definition) is 1. The maximum Gasteiger partial charge on any atom is 0.327 e. The predicted octanol–water partition coefficient (Wildman–Crippen LogP) is 3.25. The first-order valence-corrected chi connectivity index (χ1v) is 15.6. The minimum atomic E-state index is -0.952. The number of hydrogen-bond acceptors (Lipinski definition) is 6. The summed E-state index contributed by atoms with van der Waals surface area (Å²) in [7, 11) is 5.91. The van der Waals surface area contributed by atoms with Crippen LogP contribution in [0.4, 0.5) is 4.79 Å². The van der Waals surface area contributed by atoms with Gasteiger partial charge in [0, 0.05) is 24.5 Å². The highest BCUT2D eigenvalue weighted by Gasteiger charge is 2.72. The van der Waals surface area contributed by atoms with E-state index in [9.17, 15) is 14.7 Å². The van der Waals surface area contributed by atoms with Gasteiger partial charge in [0.05, 0.1) is 12.7 Å². The number of carbonyl (C=O) groups is 2. The van der Waals surface area contributed by atoms with Gasteiger partial charge in [-0.25, -0.2) is 4.79 Å². The minimum absolute atomic E-state index is 0.00135. The third-order valence-electron chi connectivity index (χ3n) is 11.4. The molecule has 1 spiro atoms. The Morgan fingerprint density at radius 2 is 1.80 bits per heavy atom. The maximum atomic E-state index is 14.5. The van der Waals surface area contributed by atoms with Crippen LogP contribution < -0.4 is 4.74 Å². The largest absolute Gasteiger partial charge is 0.497 e. The number of methoxy groups -OCH3 is 1. The van der Waals surface area contributed by atoms with E-state index in [0.29, 0.717) is 44.2 Å². The summed E-state index contributed by atoms with van der Waals surface area (Å²) >= 11 is 0. The number of nitrogens with zero attached hydrogens (tertiary/aromatic N) is 4. The second kappa shape index (κ2) is 9.43. The highest BCUT2D eigenvalue weighted by atomic mass is 16.5.